The Balaban J connectivity index is 1.57. The zero-order valence-electron chi connectivity index (χ0n) is 18.7. The summed E-state index contributed by atoms with van der Waals surface area (Å²) in [5, 5.41) is 0. The lowest BCUT2D eigenvalue weighted by Gasteiger charge is -2.34. The van der Waals surface area contributed by atoms with Gasteiger partial charge in [0.15, 0.2) is 0 Å². The highest BCUT2D eigenvalue weighted by Gasteiger charge is 2.30. The summed E-state index contributed by atoms with van der Waals surface area (Å²) in [5.41, 5.74) is 0.537. The highest BCUT2D eigenvalue weighted by atomic mass is 32.2. The summed E-state index contributed by atoms with van der Waals surface area (Å²) in [7, 11) is -3.58. The number of hydrogen-bond donors (Lipinski definition) is 0. The molecule has 180 valence electrons. The predicted molar refractivity (Wildman–Crippen MR) is 119 cm³/mol. The fraction of sp³-hybridized carbons (Fsp3) is 0.435. The van der Waals surface area contributed by atoms with Crippen LogP contribution in [0.3, 0.4) is 0 Å². The van der Waals surface area contributed by atoms with Crippen molar-refractivity contribution in [3.63, 3.8) is 0 Å². The number of benzene rings is 2. The van der Waals surface area contributed by atoms with Crippen LogP contribution in [-0.2, 0) is 22.7 Å². The summed E-state index contributed by atoms with van der Waals surface area (Å²) in [4.78, 5) is 16.8. The minimum absolute atomic E-state index is 0.157. The van der Waals surface area contributed by atoms with E-state index in [1.807, 2.05) is 0 Å². The van der Waals surface area contributed by atoms with Crippen LogP contribution >= 0.6 is 0 Å². The molecule has 1 saturated heterocycles. The quantitative estimate of drug-likeness (QED) is 0.603. The van der Waals surface area contributed by atoms with Gasteiger partial charge in [-0.3, -0.25) is 9.69 Å². The van der Waals surface area contributed by atoms with Gasteiger partial charge >= 0.3 is 6.18 Å². The molecule has 10 heteroatoms. The Labute approximate surface area is 192 Å². The van der Waals surface area contributed by atoms with Gasteiger partial charge in [-0.25, -0.2) is 8.42 Å². The van der Waals surface area contributed by atoms with Crippen molar-refractivity contribution in [1.82, 2.24) is 14.1 Å². The molecule has 0 radical (unpaired) electrons. The Kier molecular flexibility index (Phi) is 7.81. The molecule has 3 rings (SSSR count). The molecule has 0 bridgehead atoms. The number of nitrogens with zero attached hydrogens (tertiary/aromatic N) is 3. The first-order valence-electron chi connectivity index (χ1n) is 10.8. The second-order valence-electron chi connectivity index (χ2n) is 7.88. The largest absolute Gasteiger partial charge is 0.416 e. The van der Waals surface area contributed by atoms with E-state index in [4.69, 9.17) is 0 Å². The van der Waals surface area contributed by atoms with Crippen LogP contribution in [0.25, 0.3) is 0 Å². The molecular formula is C23H28F3N3O3S. The van der Waals surface area contributed by atoms with E-state index in [0.717, 1.165) is 17.7 Å². The van der Waals surface area contributed by atoms with Crippen molar-refractivity contribution >= 4 is 15.9 Å². The third-order valence-corrected chi connectivity index (χ3v) is 7.86. The van der Waals surface area contributed by atoms with Crippen molar-refractivity contribution < 1.29 is 26.4 Å². The summed E-state index contributed by atoms with van der Waals surface area (Å²) < 4.78 is 64.7. The van der Waals surface area contributed by atoms with E-state index in [9.17, 15) is 26.4 Å². The Morgan fingerprint density at radius 1 is 0.909 bits per heavy atom. The first kappa shape index (κ1) is 25.2. The van der Waals surface area contributed by atoms with Gasteiger partial charge in [0, 0.05) is 51.4 Å². The van der Waals surface area contributed by atoms with Gasteiger partial charge in [0.2, 0.25) is 10.0 Å². The van der Waals surface area contributed by atoms with E-state index in [2.05, 4.69) is 4.90 Å². The van der Waals surface area contributed by atoms with Crippen LogP contribution in [-0.4, -0.2) is 67.7 Å². The predicted octanol–water partition coefficient (Wildman–Crippen LogP) is 3.69. The lowest BCUT2D eigenvalue weighted by atomic mass is 10.1. The average Bonchev–Trinajstić information content (AvgIpc) is 2.79. The molecule has 1 fully saturated rings. The summed E-state index contributed by atoms with van der Waals surface area (Å²) in [5.74, 6) is -0.170. The van der Waals surface area contributed by atoms with Gasteiger partial charge in [-0.2, -0.15) is 17.5 Å². The molecule has 2 aromatic carbocycles. The van der Waals surface area contributed by atoms with Crippen molar-refractivity contribution in [2.24, 2.45) is 0 Å². The van der Waals surface area contributed by atoms with Crippen LogP contribution in [0.5, 0.6) is 0 Å². The number of carbonyl (C=O) groups is 1. The maximum absolute atomic E-state index is 12.8. The highest BCUT2D eigenvalue weighted by molar-refractivity contribution is 7.89. The second-order valence-corrected chi connectivity index (χ2v) is 9.81. The highest BCUT2D eigenvalue weighted by Crippen LogP contribution is 2.29. The zero-order valence-corrected chi connectivity index (χ0v) is 19.5. The third kappa shape index (κ3) is 5.93. The Hall–Kier alpha value is -2.43. The SMILES string of the molecule is CCN(CC)S(=O)(=O)c1ccc(C(=O)N2CCN(Cc3ccc(C(F)(F)F)cc3)CC2)cc1. The van der Waals surface area contributed by atoms with Crippen molar-refractivity contribution in [3.8, 4) is 0 Å². The maximum atomic E-state index is 12.8. The van der Waals surface area contributed by atoms with Crippen LogP contribution in [0, 0.1) is 0 Å². The van der Waals surface area contributed by atoms with Crippen molar-refractivity contribution in [3.05, 3.63) is 65.2 Å². The Morgan fingerprint density at radius 2 is 1.45 bits per heavy atom. The van der Waals surface area contributed by atoms with Crippen LogP contribution in [0.15, 0.2) is 53.4 Å². The van der Waals surface area contributed by atoms with E-state index in [1.165, 1.54) is 40.7 Å². The van der Waals surface area contributed by atoms with E-state index < -0.39 is 21.8 Å². The van der Waals surface area contributed by atoms with Gasteiger partial charge in [0.25, 0.3) is 5.91 Å². The maximum Gasteiger partial charge on any atom is 0.416 e. The number of alkyl halides is 3. The third-order valence-electron chi connectivity index (χ3n) is 5.79. The lowest BCUT2D eigenvalue weighted by molar-refractivity contribution is -0.137. The average molecular weight is 484 g/mol. The Bertz CT molecular complexity index is 1040. The molecule has 0 aliphatic carbocycles. The fourth-order valence-corrected chi connectivity index (χ4v) is 5.29. The molecule has 0 aromatic heterocycles. The first-order valence-corrected chi connectivity index (χ1v) is 12.3. The van der Waals surface area contributed by atoms with Crippen molar-refractivity contribution in [1.29, 1.82) is 0 Å². The summed E-state index contributed by atoms with van der Waals surface area (Å²) in [6.45, 7) is 6.97. The number of rotatable bonds is 7. The molecule has 1 aliphatic heterocycles. The molecule has 6 nitrogen and oxygen atoms in total. The van der Waals surface area contributed by atoms with E-state index in [-0.39, 0.29) is 10.8 Å². The monoisotopic (exact) mass is 483 g/mol. The van der Waals surface area contributed by atoms with Crippen molar-refractivity contribution in [2.75, 3.05) is 39.3 Å². The van der Waals surface area contributed by atoms with E-state index in [1.54, 1.807) is 18.7 Å². The summed E-state index contributed by atoms with van der Waals surface area (Å²) in [6.07, 6.45) is -4.35. The minimum atomic E-state index is -4.35. The number of hydrogen-bond acceptors (Lipinski definition) is 4. The van der Waals surface area contributed by atoms with Gasteiger partial charge < -0.3 is 4.90 Å². The molecule has 2 aromatic rings. The topological polar surface area (TPSA) is 60.9 Å². The molecule has 0 unspecified atom stereocenters. The summed E-state index contributed by atoms with van der Waals surface area (Å²) in [6, 6.07) is 11.1. The smallest absolute Gasteiger partial charge is 0.336 e. The molecule has 33 heavy (non-hydrogen) atoms. The van der Waals surface area contributed by atoms with Crippen molar-refractivity contribution in [2.45, 2.75) is 31.5 Å². The molecule has 1 heterocycles. The van der Waals surface area contributed by atoms with Gasteiger partial charge in [-0.15, -0.1) is 0 Å². The van der Waals surface area contributed by atoms with Crippen LogP contribution in [0.4, 0.5) is 13.2 Å². The Morgan fingerprint density at radius 3 is 1.94 bits per heavy atom. The van der Waals surface area contributed by atoms with Crippen LogP contribution in [0.1, 0.15) is 35.3 Å². The van der Waals surface area contributed by atoms with Gasteiger partial charge in [0.1, 0.15) is 0 Å². The molecule has 0 spiro atoms. The number of piperazine rings is 1. The number of halogens is 3. The van der Waals surface area contributed by atoms with Crippen LogP contribution < -0.4 is 0 Å². The first-order chi connectivity index (χ1) is 15.6. The minimum Gasteiger partial charge on any atom is -0.336 e. The molecule has 0 atom stereocenters. The van der Waals surface area contributed by atoms with Gasteiger partial charge in [-0.1, -0.05) is 26.0 Å². The van der Waals surface area contributed by atoms with Gasteiger partial charge in [-0.05, 0) is 42.0 Å². The molecule has 0 saturated carbocycles. The second kappa shape index (κ2) is 10.2. The van der Waals surface area contributed by atoms with E-state index in [0.29, 0.717) is 51.4 Å². The standard InChI is InChI=1S/C23H28F3N3O3S/c1-3-29(4-2)33(31,32)21-11-7-19(8-12-21)22(30)28-15-13-27(14-16-28)17-18-5-9-20(10-6-18)23(24,25)26/h5-12H,3-4,13-17H2,1-2H3. The molecule has 0 N–H and O–H groups in total. The molecular weight excluding hydrogens is 455 g/mol. The van der Waals surface area contributed by atoms with E-state index >= 15 is 0 Å². The number of amides is 1. The zero-order chi connectivity index (χ0) is 24.2. The fourth-order valence-electron chi connectivity index (χ4n) is 3.83. The molecule has 1 aliphatic rings. The normalized spacial score (nSPS) is 15.8. The number of sulfonamides is 1. The van der Waals surface area contributed by atoms with Crippen LogP contribution in [0.2, 0.25) is 0 Å². The number of carbonyl (C=O) groups excluding carboxylic acids is 1. The molecule has 1 amide bonds. The summed E-state index contributed by atoms with van der Waals surface area (Å²) >= 11 is 0. The lowest BCUT2D eigenvalue weighted by Crippen LogP contribution is -2.48. The van der Waals surface area contributed by atoms with Gasteiger partial charge in [0.05, 0.1) is 10.5 Å².